The zero-order chi connectivity index (χ0) is 21.3. The number of benzene rings is 1. The molecule has 8 nitrogen and oxygen atoms in total. The number of guanidine groups is 1. The maximum absolute atomic E-state index is 12.1. The summed E-state index contributed by atoms with van der Waals surface area (Å²) in [7, 11) is 5.16. The monoisotopic (exact) mass is 538 g/mol. The molecule has 168 valence electrons. The Labute approximate surface area is 201 Å². The number of nitrogens with one attached hydrogen (secondary N) is 1. The second-order valence-electron chi connectivity index (χ2n) is 7.29. The van der Waals surface area contributed by atoms with Crippen molar-refractivity contribution in [2.75, 3.05) is 58.8 Å². The Balaban J connectivity index is 0.00000341. The van der Waals surface area contributed by atoms with Crippen molar-refractivity contribution in [1.82, 2.24) is 20.1 Å². The molecule has 0 atom stereocenters. The van der Waals surface area contributed by atoms with E-state index >= 15 is 0 Å². The van der Waals surface area contributed by atoms with Crippen LogP contribution in [-0.2, 0) is 11.3 Å². The molecule has 2 heterocycles. The van der Waals surface area contributed by atoms with E-state index in [4.69, 9.17) is 9.73 Å². The summed E-state index contributed by atoms with van der Waals surface area (Å²) in [6.45, 7) is 4.06. The van der Waals surface area contributed by atoms with Crippen molar-refractivity contribution in [3.8, 4) is 5.75 Å². The molecule has 3 rings (SSSR count). The topological polar surface area (TPSA) is 73.3 Å². The number of piperazine rings is 1. The highest BCUT2D eigenvalue weighted by Crippen LogP contribution is 2.14. The van der Waals surface area contributed by atoms with Crippen LogP contribution in [0.3, 0.4) is 0 Å². The first-order valence-electron chi connectivity index (χ1n) is 10.1. The van der Waals surface area contributed by atoms with Crippen LogP contribution in [-0.4, -0.2) is 80.6 Å². The van der Waals surface area contributed by atoms with E-state index in [2.05, 4.69) is 20.1 Å². The standard InChI is InChI=1S/C22H30N6O2.HI/c1-26(2)21(29)17-25-22(24-16-18-7-9-19(30-3)10-8-18)28-14-12-27(13-15-28)20-6-4-5-11-23-20;/h4-11H,12-17H2,1-3H3,(H,24,25);1H. The number of rotatable bonds is 6. The second kappa shape index (κ2) is 12.3. The van der Waals surface area contributed by atoms with Gasteiger partial charge in [-0.05, 0) is 29.8 Å². The van der Waals surface area contributed by atoms with Crippen LogP contribution in [0.1, 0.15) is 5.56 Å². The van der Waals surface area contributed by atoms with Gasteiger partial charge in [0.1, 0.15) is 11.6 Å². The van der Waals surface area contributed by atoms with Gasteiger partial charge in [0.15, 0.2) is 5.96 Å². The highest BCUT2D eigenvalue weighted by molar-refractivity contribution is 14.0. The predicted molar refractivity (Wildman–Crippen MR) is 134 cm³/mol. The summed E-state index contributed by atoms with van der Waals surface area (Å²) in [5, 5.41) is 3.24. The fourth-order valence-electron chi connectivity index (χ4n) is 3.17. The molecule has 0 aliphatic carbocycles. The molecule has 9 heteroatoms. The molecule has 1 aromatic heterocycles. The van der Waals surface area contributed by atoms with Gasteiger partial charge in [-0.2, -0.15) is 0 Å². The number of ether oxygens (including phenoxy) is 1. The van der Waals surface area contributed by atoms with Crippen molar-refractivity contribution in [2.45, 2.75) is 6.54 Å². The number of nitrogens with zero attached hydrogens (tertiary/aromatic N) is 5. The number of carbonyl (C=O) groups excluding carboxylic acids is 1. The smallest absolute Gasteiger partial charge is 0.241 e. The number of aliphatic imine (C=N–C) groups is 1. The Kier molecular flexibility index (Phi) is 9.83. The maximum Gasteiger partial charge on any atom is 0.241 e. The molecule has 0 unspecified atom stereocenters. The van der Waals surface area contributed by atoms with Crippen LogP contribution in [0.25, 0.3) is 0 Å². The zero-order valence-electron chi connectivity index (χ0n) is 18.3. The molecule has 1 saturated heterocycles. The average Bonchev–Trinajstić information content (AvgIpc) is 2.80. The van der Waals surface area contributed by atoms with Crippen LogP contribution in [0.5, 0.6) is 5.75 Å². The highest BCUT2D eigenvalue weighted by atomic mass is 127. The lowest BCUT2D eigenvalue weighted by atomic mass is 10.2. The van der Waals surface area contributed by atoms with E-state index in [1.807, 2.05) is 48.7 Å². The quantitative estimate of drug-likeness (QED) is 0.345. The van der Waals surface area contributed by atoms with Crippen LogP contribution in [0.15, 0.2) is 53.7 Å². The Morgan fingerprint density at radius 3 is 2.42 bits per heavy atom. The van der Waals surface area contributed by atoms with Gasteiger partial charge in [-0.15, -0.1) is 24.0 Å². The van der Waals surface area contributed by atoms with E-state index in [1.165, 1.54) is 0 Å². The van der Waals surface area contributed by atoms with E-state index < -0.39 is 0 Å². The predicted octanol–water partition coefficient (Wildman–Crippen LogP) is 2.06. The third-order valence-electron chi connectivity index (χ3n) is 5.02. The van der Waals surface area contributed by atoms with Gasteiger partial charge in [0.25, 0.3) is 0 Å². The van der Waals surface area contributed by atoms with Crippen LogP contribution in [0.2, 0.25) is 0 Å². The van der Waals surface area contributed by atoms with E-state index in [9.17, 15) is 4.79 Å². The Morgan fingerprint density at radius 1 is 1.13 bits per heavy atom. The average molecular weight is 538 g/mol. The van der Waals surface area contributed by atoms with Gasteiger partial charge in [0.05, 0.1) is 20.2 Å². The second-order valence-corrected chi connectivity index (χ2v) is 7.29. The number of amides is 1. The van der Waals surface area contributed by atoms with Gasteiger partial charge in [0.2, 0.25) is 5.91 Å². The molecule has 0 bridgehead atoms. The minimum Gasteiger partial charge on any atom is -0.497 e. The molecular weight excluding hydrogens is 507 g/mol. The third-order valence-corrected chi connectivity index (χ3v) is 5.02. The molecule has 31 heavy (non-hydrogen) atoms. The van der Waals surface area contributed by atoms with E-state index in [1.54, 1.807) is 26.1 Å². The fourth-order valence-corrected chi connectivity index (χ4v) is 3.17. The largest absolute Gasteiger partial charge is 0.497 e. The van der Waals surface area contributed by atoms with Crippen molar-refractivity contribution < 1.29 is 9.53 Å². The molecular formula is C22H31IN6O2. The maximum atomic E-state index is 12.1. The Bertz CT molecular complexity index is 837. The van der Waals surface area contributed by atoms with Crippen molar-refractivity contribution in [2.24, 2.45) is 4.99 Å². The first-order chi connectivity index (χ1) is 14.6. The number of methoxy groups -OCH3 is 1. The lowest BCUT2D eigenvalue weighted by Crippen LogP contribution is -2.53. The summed E-state index contributed by atoms with van der Waals surface area (Å²) in [5.74, 6) is 2.58. The van der Waals surface area contributed by atoms with Gasteiger partial charge in [0, 0.05) is 46.5 Å². The number of carbonyl (C=O) groups is 1. The number of anilines is 1. The minimum atomic E-state index is 0. The number of aromatic nitrogens is 1. The van der Waals surface area contributed by atoms with Crippen molar-refractivity contribution in [3.05, 3.63) is 54.2 Å². The van der Waals surface area contributed by atoms with Crippen molar-refractivity contribution in [3.63, 3.8) is 0 Å². The van der Waals surface area contributed by atoms with Gasteiger partial charge in [-0.1, -0.05) is 18.2 Å². The van der Waals surface area contributed by atoms with Crippen molar-refractivity contribution >= 4 is 41.7 Å². The van der Waals surface area contributed by atoms with Crippen LogP contribution in [0.4, 0.5) is 5.82 Å². The SMILES string of the molecule is COc1ccc(CN=C(NCC(=O)N(C)C)N2CCN(c3ccccn3)CC2)cc1.I. The molecule has 0 radical (unpaired) electrons. The third kappa shape index (κ3) is 7.27. The summed E-state index contributed by atoms with van der Waals surface area (Å²) in [6.07, 6.45) is 1.82. The minimum absolute atomic E-state index is 0. The molecule has 0 spiro atoms. The lowest BCUT2D eigenvalue weighted by Gasteiger charge is -2.37. The normalized spacial score (nSPS) is 14.0. The summed E-state index contributed by atoms with van der Waals surface area (Å²) in [4.78, 5) is 27.3. The summed E-state index contributed by atoms with van der Waals surface area (Å²) in [5.41, 5.74) is 1.08. The van der Waals surface area contributed by atoms with Gasteiger partial charge < -0.3 is 24.8 Å². The van der Waals surface area contributed by atoms with Crippen molar-refractivity contribution in [1.29, 1.82) is 0 Å². The number of halogens is 1. The van der Waals surface area contributed by atoms with E-state index in [0.29, 0.717) is 6.54 Å². The van der Waals surface area contributed by atoms with Gasteiger partial charge >= 0.3 is 0 Å². The van der Waals surface area contributed by atoms with Gasteiger partial charge in [-0.25, -0.2) is 9.98 Å². The summed E-state index contributed by atoms with van der Waals surface area (Å²) < 4.78 is 5.22. The first-order valence-corrected chi connectivity index (χ1v) is 10.1. The number of hydrogen-bond donors (Lipinski definition) is 1. The molecule has 0 saturated carbocycles. The molecule has 1 aliphatic heterocycles. The fraction of sp³-hybridized carbons (Fsp3) is 0.409. The number of hydrogen-bond acceptors (Lipinski definition) is 5. The summed E-state index contributed by atoms with van der Waals surface area (Å²) in [6, 6.07) is 13.8. The summed E-state index contributed by atoms with van der Waals surface area (Å²) >= 11 is 0. The molecule has 1 N–H and O–H groups in total. The number of likely N-dealkylation sites (N-methyl/N-ethyl adjacent to an activating group) is 1. The molecule has 1 aromatic carbocycles. The van der Waals surface area contributed by atoms with E-state index in [-0.39, 0.29) is 36.4 Å². The highest BCUT2D eigenvalue weighted by Gasteiger charge is 2.21. The number of pyridine rings is 1. The first kappa shape index (κ1) is 24.7. The molecule has 1 fully saturated rings. The molecule has 2 aromatic rings. The molecule has 1 amide bonds. The van der Waals surface area contributed by atoms with Gasteiger partial charge in [-0.3, -0.25) is 4.79 Å². The Morgan fingerprint density at radius 2 is 1.84 bits per heavy atom. The van der Waals surface area contributed by atoms with Crippen LogP contribution < -0.4 is 15.0 Å². The lowest BCUT2D eigenvalue weighted by molar-refractivity contribution is -0.127. The van der Waals surface area contributed by atoms with E-state index in [0.717, 1.165) is 49.3 Å². The molecule has 1 aliphatic rings. The zero-order valence-corrected chi connectivity index (χ0v) is 20.7. The van der Waals surface area contributed by atoms with Crippen LogP contribution >= 0.6 is 24.0 Å². The Hall–Kier alpha value is -2.56. The van der Waals surface area contributed by atoms with Crippen LogP contribution in [0, 0.1) is 0 Å².